The van der Waals surface area contributed by atoms with Gasteiger partial charge in [0.25, 0.3) is 0 Å². The van der Waals surface area contributed by atoms with E-state index in [0.717, 1.165) is 23.9 Å². The third-order valence-corrected chi connectivity index (χ3v) is 3.42. The van der Waals surface area contributed by atoms with Gasteiger partial charge in [0, 0.05) is 12.3 Å². The van der Waals surface area contributed by atoms with E-state index in [1.165, 1.54) is 12.1 Å². The van der Waals surface area contributed by atoms with E-state index in [2.05, 4.69) is 9.97 Å². The number of hydrogen-bond donors (Lipinski definition) is 0. The van der Waals surface area contributed by atoms with E-state index in [-0.39, 0.29) is 20.9 Å². The van der Waals surface area contributed by atoms with Gasteiger partial charge in [0.1, 0.15) is 10.2 Å². The van der Waals surface area contributed by atoms with Crippen LogP contribution < -0.4 is 0 Å². The lowest BCUT2D eigenvalue weighted by Crippen LogP contribution is -2.05. The van der Waals surface area contributed by atoms with Crippen LogP contribution in [0.1, 0.15) is 5.56 Å². The second-order valence-corrected chi connectivity index (χ2v) is 5.10. The molecule has 0 atom stereocenters. The topological polar surface area (TPSA) is 68.9 Å². The maximum absolute atomic E-state index is 12.4. The third-order valence-electron chi connectivity index (χ3n) is 2.27. The first kappa shape index (κ1) is 15.5. The van der Waals surface area contributed by atoms with E-state index in [4.69, 9.17) is 11.6 Å². The van der Waals surface area contributed by atoms with Gasteiger partial charge in [-0.1, -0.05) is 11.6 Å². The van der Waals surface area contributed by atoms with Crippen molar-refractivity contribution in [3.05, 3.63) is 51.3 Å². The van der Waals surface area contributed by atoms with E-state index in [0.29, 0.717) is 6.20 Å². The Morgan fingerprint density at radius 2 is 1.95 bits per heavy atom. The van der Waals surface area contributed by atoms with Crippen LogP contribution in [0.15, 0.2) is 40.5 Å². The van der Waals surface area contributed by atoms with Crippen molar-refractivity contribution in [2.24, 2.45) is 0 Å². The van der Waals surface area contributed by atoms with Crippen LogP contribution in [-0.2, 0) is 6.18 Å². The summed E-state index contributed by atoms with van der Waals surface area (Å²) in [5.41, 5.74) is -1.20. The highest BCUT2D eigenvalue weighted by atomic mass is 35.5. The smallest absolute Gasteiger partial charge is 0.258 e. The Bertz CT molecular complexity index is 679. The molecule has 2 aromatic rings. The van der Waals surface area contributed by atoms with Crippen LogP contribution in [0.5, 0.6) is 0 Å². The Balaban J connectivity index is 2.30. The lowest BCUT2D eigenvalue weighted by atomic mass is 10.3. The lowest BCUT2D eigenvalue weighted by molar-refractivity contribution is -0.388. The first-order valence-electron chi connectivity index (χ1n) is 5.29. The van der Waals surface area contributed by atoms with Gasteiger partial charge >= 0.3 is 11.9 Å². The molecule has 0 spiro atoms. The first-order chi connectivity index (χ1) is 9.77. The van der Waals surface area contributed by atoms with E-state index >= 15 is 0 Å². The number of nitro groups is 1. The summed E-state index contributed by atoms with van der Waals surface area (Å²) in [7, 11) is 0. The van der Waals surface area contributed by atoms with Crippen molar-refractivity contribution < 1.29 is 18.1 Å². The van der Waals surface area contributed by atoms with E-state index < -0.39 is 16.7 Å². The normalized spacial score (nSPS) is 11.4. The average molecular weight is 336 g/mol. The SMILES string of the molecule is O=[N+]([O-])c1ccc(Cl)nc1Sc1ccc(C(F)(F)F)cn1. The first-order valence-corrected chi connectivity index (χ1v) is 6.49. The molecule has 0 N–H and O–H groups in total. The van der Waals surface area contributed by atoms with Gasteiger partial charge in [-0.25, -0.2) is 9.97 Å². The minimum atomic E-state index is -4.49. The molecule has 2 rings (SSSR count). The molecule has 0 radical (unpaired) electrons. The Labute approximate surface area is 125 Å². The minimum absolute atomic E-state index is 0.0370. The number of nitrogens with zero attached hydrogens (tertiary/aromatic N) is 3. The molecular weight excluding hydrogens is 331 g/mol. The molecule has 0 saturated carbocycles. The van der Waals surface area contributed by atoms with Gasteiger partial charge in [-0.2, -0.15) is 13.2 Å². The largest absolute Gasteiger partial charge is 0.417 e. The Kier molecular flexibility index (Phi) is 4.33. The van der Waals surface area contributed by atoms with Crippen LogP contribution in [0.4, 0.5) is 18.9 Å². The van der Waals surface area contributed by atoms with Crippen LogP contribution in [0.3, 0.4) is 0 Å². The summed E-state index contributed by atoms with van der Waals surface area (Å²) in [4.78, 5) is 17.6. The highest BCUT2D eigenvalue weighted by Gasteiger charge is 2.30. The zero-order valence-corrected chi connectivity index (χ0v) is 11.5. The van der Waals surface area contributed by atoms with Crippen LogP contribution in [0.25, 0.3) is 0 Å². The van der Waals surface area contributed by atoms with Crippen molar-refractivity contribution in [3.8, 4) is 0 Å². The number of aromatic nitrogens is 2. The standard InChI is InChI=1S/C11H5ClF3N3O2S/c12-8-3-2-7(18(19)20)10(17-8)21-9-4-1-6(5-16-9)11(13,14)15/h1-5H. The zero-order valence-electron chi connectivity index (χ0n) is 9.96. The number of rotatable bonds is 3. The second-order valence-electron chi connectivity index (χ2n) is 3.70. The fourth-order valence-electron chi connectivity index (χ4n) is 1.33. The third kappa shape index (κ3) is 3.82. The van der Waals surface area contributed by atoms with E-state index in [1.807, 2.05) is 0 Å². The van der Waals surface area contributed by atoms with Crippen LogP contribution >= 0.6 is 23.4 Å². The van der Waals surface area contributed by atoms with Gasteiger partial charge in [0.2, 0.25) is 0 Å². The van der Waals surface area contributed by atoms with Crippen molar-refractivity contribution in [1.82, 2.24) is 9.97 Å². The maximum atomic E-state index is 12.4. The monoisotopic (exact) mass is 335 g/mol. The van der Waals surface area contributed by atoms with E-state index in [9.17, 15) is 23.3 Å². The van der Waals surface area contributed by atoms with Crippen LogP contribution in [0.2, 0.25) is 5.15 Å². The summed E-state index contributed by atoms with van der Waals surface area (Å²) in [6.45, 7) is 0. The average Bonchev–Trinajstić information content (AvgIpc) is 2.38. The highest BCUT2D eigenvalue weighted by Crippen LogP contribution is 2.34. The molecule has 0 aliphatic rings. The van der Waals surface area contributed by atoms with Gasteiger partial charge in [0.15, 0.2) is 5.03 Å². The summed E-state index contributed by atoms with van der Waals surface area (Å²) in [5, 5.41) is 11.0. The molecule has 21 heavy (non-hydrogen) atoms. The molecule has 5 nitrogen and oxygen atoms in total. The van der Waals surface area contributed by atoms with Crippen molar-refractivity contribution in [2.75, 3.05) is 0 Å². The highest BCUT2D eigenvalue weighted by molar-refractivity contribution is 7.99. The molecule has 2 heterocycles. The summed E-state index contributed by atoms with van der Waals surface area (Å²) in [5.74, 6) is 0. The van der Waals surface area contributed by atoms with Crippen LogP contribution in [0, 0.1) is 10.1 Å². The predicted molar refractivity (Wildman–Crippen MR) is 69.3 cm³/mol. The maximum Gasteiger partial charge on any atom is 0.417 e. The fraction of sp³-hybridized carbons (Fsp3) is 0.0909. The fourth-order valence-corrected chi connectivity index (χ4v) is 2.36. The van der Waals surface area contributed by atoms with E-state index in [1.54, 1.807) is 0 Å². The van der Waals surface area contributed by atoms with Crippen molar-refractivity contribution in [1.29, 1.82) is 0 Å². The van der Waals surface area contributed by atoms with Crippen molar-refractivity contribution in [3.63, 3.8) is 0 Å². The summed E-state index contributed by atoms with van der Waals surface area (Å²) in [6, 6.07) is 4.37. The molecule has 10 heteroatoms. The van der Waals surface area contributed by atoms with Gasteiger partial charge < -0.3 is 0 Å². The number of halogens is 4. The molecular formula is C11H5ClF3N3O2S. The molecule has 0 aliphatic heterocycles. The Morgan fingerprint density at radius 3 is 2.48 bits per heavy atom. The molecule has 0 unspecified atom stereocenters. The second kappa shape index (κ2) is 5.86. The number of pyridine rings is 2. The Morgan fingerprint density at radius 1 is 1.24 bits per heavy atom. The molecule has 0 aliphatic carbocycles. The van der Waals surface area contributed by atoms with Gasteiger partial charge in [-0.05, 0) is 30.0 Å². The molecule has 0 aromatic carbocycles. The molecule has 0 fully saturated rings. The summed E-state index contributed by atoms with van der Waals surface area (Å²) in [6.07, 6.45) is -3.84. The summed E-state index contributed by atoms with van der Waals surface area (Å²) >= 11 is 6.42. The predicted octanol–water partition coefficient (Wildman–Crippen LogP) is 4.21. The lowest BCUT2D eigenvalue weighted by Gasteiger charge is -2.06. The minimum Gasteiger partial charge on any atom is -0.258 e. The zero-order chi connectivity index (χ0) is 15.6. The van der Waals surface area contributed by atoms with Crippen LogP contribution in [-0.4, -0.2) is 14.9 Å². The Hall–Kier alpha value is -1.87. The molecule has 0 saturated heterocycles. The summed E-state index contributed by atoms with van der Waals surface area (Å²) < 4.78 is 37.2. The van der Waals surface area contributed by atoms with Gasteiger partial charge in [-0.15, -0.1) is 0 Å². The molecule has 2 aromatic heterocycles. The molecule has 110 valence electrons. The number of alkyl halides is 3. The van der Waals surface area contributed by atoms with Gasteiger partial charge in [-0.3, -0.25) is 10.1 Å². The number of hydrogen-bond acceptors (Lipinski definition) is 5. The van der Waals surface area contributed by atoms with Crippen molar-refractivity contribution >= 4 is 29.1 Å². The molecule has 0 bridgehead atoms. The molecule has 0 amide bonds. The quantitative estimate of drug-likeness (QED) is 0.477. The van der Waals surface area contributed by atoms with Crippen molar-refractivity contribution in [2.45, 2.75) is 16.2 Å². The van der Waals surface area contributed by atoms with Gasteiger partial charge in [0.05, 0.1) is 10.5 Å².